The van der Waals surface area contributed by atoms with Gasteiger partial charge in [-0.05, 0) is 50.1 Å². The molecular weight excluding hydrogens is 333 g/mol. The second-order valence-electron chi connectivity index (χ2n) is 6.08. The molecule has 2 heterocycles. The molecule has 0 fully saturated rings. The summed E-state index contributed by atoms with van der Waals surface area (Å²) in [6.07, 6.45) is 4.61. The highest BCUT2D eigenvalue weighted by atomic mass is 32.1. The molecule has 0 amide bonds. The fourth-order valence-corrected chi connectivity index (χ4v) is 4.09. The van der Waals surface area contributed by atoms with E-state index in [4.69, 9.17) is 0 Å². The number of hydrogen-bond donors (Lipinski definition) is 1. The molecule has 5 heteroatoms. The highest BCUT2D eigenvalue weighted by Crippen LogP contribution is 2.34. The van der Waals surface area contributed by atoms with Crippen LogP contribution in [-0.4, -0.2) is 9.97 Å². The number of benzene rings is 1. The van der Waals surface area contributed by atoms with Crippen molar-refractivity contribution < 1.29 is 4.39 Å². The van der Waals surface area contributed by atoms with E-state index in [9.17, 15) is 4.39 Å². The maximum atomic E-state index is 14.0. The van der Waals surface area contributed by atoms with Gasteiger partial charge in [-0.2, -0.15) is 0 Å². The van der Waals surface area contributed by atoms with Crippen LogP contribution in [0.25, 0.3) is 10.6 Å². The van der Waals surface area contributed by atoms with E-state index >= 15 is 0 Å². The van der Waals surface area contributed by atoms with Crippen molar-refractivity contribution in [2.24, 2.45) is 0 Å². The van der Waals surface area contributed by atoms with Crippen molar-refractivity contribution in [2.75, 3.05) is 0 Å². The van der Waals surface area contributed by atoms with E-state index in [0.29, 0.717) is 5.56 Å². The van der Waals surface area contributed by atoms with Crippen LogP contribution in [0.1, 0.15) is 48.5 Å². The van der Waals surface area contributed by atoms with E-state index in [1.165, 1.54) is 11.6 Å². The Morgan fingerprint density at radius 1 is 1.16 bits per heavy atom. The number of nitrogens with zero attached hydrogens (tertiary/aromatic N) is 2. The standard InChI is InChI=1S/C20H22FN3S/c1-4-18(15-9-11-22-12-10-15)23-13(2)19-14(3)24-20(25-19)16-7-5-6-8-17(16)21/h5-13,18,23H,4H2,1-3H3/t13-,18+/m0/s1. The summed E-state index contributed by atoms with van der Waals surface area (Å²) in [5.74, 6) is -0.230. The van der Waals surface area contributed by atoms with Crippen molar-refractivity contribution in [2.45, 2.75) is 39.3 Å². The van der Waals surface area contributed by atoms with Gasteiger partial charge in [0.05, 0.1) is 5.69 Å². The molecule has 1 N–H and O–H groups in total. The SMILES string of the molecule is CC[C@@H](N[C@@H](C)c1sc(-c2ccccc2F)nc1C)c1ccncc1. The molecule has 3 aromatic rings. The monoisotopic (exact) mass is 355 g/mol. The first kappa shape index (κ1) is 17.7. The van der Waals surface area contributed by atoms with Gasteiger partial charge in [0.1, 0.15) is 10.8 Å². The fraction of sp³-hybridized carbons (Fsp3) is 0.300. The third-order valence-electron chi connectivity index (χ3n) is 4.30. The molecule has 1 aromatic carbocycles. The fourth-order valence-electron chi connectivity index (χ4n) is 2.98. The first-order valence-corrected chi connectivity index (χ1v) is 9.30. The Morgan fingerprint density at radius 2 is 1.88 bits per heavy atom. The number of hydrogen-bond acceptors (Lipinski definition) is 4. The first-order chi connectivity index (χ1) is 12.1. The Hall–Kier alpha value is -2.11. The van der Waals surface area contributed by atoms with Gasteiger partial charge in [-0.15, -0.1) is 11.3 Å². The van der Waals surface area contributed by atoms with Crippen LogP contribution >= 0.6 is 11.3 Å². The number of nitrogens with one attached hydrogen (secondary N) is 1. The van der Waals surface area contributed by atoms with Crippen LogP contribution in [0.4, 0.5) is 4.39 Å². The van der Waals surface area contributed by atoms with Gasteiger partial charge >= 0.3 is 0 Å². The lowest BCUT2D eigenvalue weighted by Crippen LogP contribution is -2.24. The van der Waals surface area contributed by atoms with E-state index in [0.717, 1.165) is 22.0 Å². The summed E-state index contributed by atoms with van der Waals surface area (Å²) in [5.41, 5.74) is 2.74. The van der Waals surface area contributed by atoms with E-state index < -0.39 is 0 Å². The zero-order chi connectivity index (χ0) is 17.8. The second-order valence-corrected chi connectivity index (χ2v) is 7.11. The van der Waals surface area contributed by atoms with Gasteiger partial charge in [0.15, 0.2) is 0 Å². The van der Waals surface area contributed by atoms with Crippen molar-refractivity contribution in [1.82, 2.24) is 15.3 Å². The molecule has 0 unspecified atom stereocenters. The third-order valence-corrected chi connectivity index (χ3v) is 5.67. The average molecular weight is 355 g/mol. The van der Waals surface area contributed by atoms with Crippen molar-refractivity contribution in [1.29, 1.82) is 0 Å². The zero-order valence-corrected chi connectivity index (χ0v) is 15.5. The molecule has 0 saturated heterocycles. The van der Waals surface area contributed by atoms with Gasteiger partial charge in [0.25, 0.3) is 0 Å². The predicted molar refractivity (Wildman–Crippen MR) is 101 cm³/mol. The lowest BCUT2D eigenvalue weighted by atomic mass is 10.0. The van der Waals surface area contributed by atoms with Crippen molar-refractivity contribution >= 4 is 11.3 Å². The van der Waals surface area contributed by atoms with Crippen LogP contribution in [0.2, 0.25) is 0 Å². The van der Waals surface area contributed by atoms with Gasteiger partial charge in [-0.3, -0.25) is 4.98 Å². The Balaban J connectivity index is 1.83. The molecule has 0 spiro atoms. The number of pyridine rings is 1. The molecule has 0 aliphatic heterocycles. The molecule has 0 bridgehead atoms. The minimum Gasteiger partial charge on any atom is -0.303 e. The van der Waals surface area contributed by atoms with Crippen molar-refractivity contribution in [3.05, 3.63) is 70.7 Å². The largest absolute Gasteiger partial charge is 0.303 e. The van der Waals surface area contributed by atoms with E-state index in [1.54, 1.807) is 23.5 Å². The lowest BCUT2D eigenvalue weighted by Gasteiger charge is -2.22. The zero-order valence-electron chi connectivity index (χ0n) is 14.7. The smallest absolute Gasteiger partial charge is 0.133 e. The highest BCUT2D eigenvalue weighted by molar-refractivity contribution is 7.15. The minimum atomic E-state index is -0.230. The van der Waals surface area contributed by atoms with Crippen LogP contribution in [0.5, 0.6) is 0 Å². The summed E-state index contributed by atoms with van der Waals surface area (Å²) in [6.45, 7) is 6.28. The summed E-state index contributed by atoms with van der Waals surface area (Å²) in [7, 11) is 0. The lowest BCUT2D eigenvalue weighted by molar-refractivity contribution is 0.459. The van der Waals surface area contributed by atoms with Crippen molar-refractivity contribution in [3.63, 3.8) is 0 Å². The number of halogens is 1. The van der Waals surface area contributed by atoms with Crippen LogP contribution in [0, 0.1) is 12.7 Å². The number of thiazole rings is 1. The molecule has 3 rings (SSSR count). The highest BCUT2D eigenvalue weighted by Gasteiger charge is 2.20. The summed E-state index contributed by atoms with van der Waals surface area (Å²) in [6, 6.07) is 11.3. The quantitative estimate of drug-likeness (QED) is 0.638. The van der Waals surface area contributed by atoms with Gasteiger partial charge in [0, 0.05) is 34.9 Å². The molecule has 2 atom stereocenters. The predicted octanol–water partition coefficient (Wildman–Crippen LogP) is 5.45. The molecule has 130 valence electrons. The van der Waals surface area contributed by atoms with E-state index in [-0.39, 0.29) is 17.9 Å². The molecule has 0 saturated carbocycles. The Labute approximate surface area is 152 Å². The Morgan fingerprint density at radius 3 is 2.56 bits per heavy atom. The van der Waals surface area contributed by atoms with Gasteiger partial charge in [0.2, 0.25) is 0 Å². The molecule has 3 nitrogen and oxygen atoms in total. The Bertz CT molecular complexity index is 832. The maximum Gasteiger partial charge on any atom is 0.133 e. The molecule has 0 radical (unpaired) electrons. The summed E-state index contributed by atoms with van der Waals surface area (Å²) < 4.78 is 14.0. The van der Waals surface area contributed by atoms with Crippen LogP contribution < -0.4 is 5.32 Å². The van der Waals surface area contributed by atoms with E-state index in [2.05, 4.69) is 29.1 Å². The first-order valence-electron chi connectivity index (χ1n) is 8.48. The Kier molecular flexibility index (Phi) is 5.56. The minimum absolute atomic E-state index is 0.135. The summed E-state index contributed by atoms with van der Waals surface area (Å²) >= 11 is 1.56. The normalized spacial score (nSPS) is 13.6. The summed E-state index contributed by atoms with van der Waals surface area (Å²) in [4.78, 5) is 9.83. The number of aryl methyl sites for hydroxylation is 1. The van der Waals surface area contributed by atoms with Gasteiger partial charge in [-0.25, -0.2) is 9.37 Å². The molecule has 0 aliphatic rings. The van der Waals surface area contributed by atoms with Crippen LogP contribution in [0.3, 0.4) is 0 Å². The average Bonchev–Trinajstić information content (AvgIpc) is 3.02. The van der Waals surface area contributed by atoms with Crippen LogP contribution in [0.15, 0.2) is 48.8 Å². The van der Waals surface area contributed by atoms with Gasteiger partial charge < -0.3 is 5.32 Å². The van der Waals surface area contributed by atoms with Gasteiger partial charge in [-0.1, -0.05) is 19.1 Å². The molecule has 2 aromatic heterocycles. The molecule has 25 heavy (non-hydrogen) atoms. The number of aromatic nitrogens is 2. The van der Waals surface area contributed by atoms with Crippen LogP contribution in [-0.2, 0) is 0 Å². The maximum absolute atomic E-state index is 14.0. The third kappa shape index (κ3) is 3.94. The second kappa shape index (κ2) is 7.85. The topological polar surface area (TPSA) is 37.8 Å². The van der Waals surface area contributed by atoms with Crippen molar-refractivity contribution in [3.8, 4) is 10.6 Å². The molecular formula is C20H22FN3S. The summed E-state index contributed by atoms with van der Waals surface area (Å²) in [5, 5.41) is 4.40. The van der Waals surface area contributed by atoms with E-state index in [1.807, 2.05) is 37.5 Å². The molecule has 0 aliphatic carbocycles. The number of rotatable bonds is 6.